The van der Waals surface area contributed by atoms with Gasteiger partial charge in [-0.2, -0.15) is 0 Å². The van der Waals surface area contributed by atoms with E-state index in [0.717, 1.165) is 28.8 Å². The Balaban J connectivity index is 1.94. The van der Waals surface area contributed by atoms with E-state index >= 15 is 0 Å². The summed E-state index contributed by atoms with van der Waals surface area (Å²) in [5.74, 6) is -1.10. The molecule has 0 radical (unpaired) electrons. The molecular weight excluding hydrogens is 408 g/mol. The lowest BCUT2D eigenvalue weighted by molar-refractivity contribution is -0.113. The summed E-state index contributed by atoms with van der Waals surface area (Å²) in [6.07, 6.45) is 0.840. The normalized spacial score (nSPS) is 19.7. The first kappa shape index (κ1) is 21.7. The van der Waals surface area contributed by atoms with Crippen LogP contribution in [0.5, 0.6) is 0 Å². The summed E-state index contributed by atoms with van der Waals surface area (Å²) in [5, 5.41) is 0. The molecule has 2 heterocycles. The van der Waals surface area contributed by atoms with Gasteiger partial charge in [-0.15, -0.1) is 0 Å². The zero-order valence-corrected chi connectivity index (χ0v) is 19.1. The third-order valence-electron chi connectivity index (χ3n) is 6.11. The molecule has 0 N–H and O–H groups in total. The lowest BCUT2D eigenvalue weighted by atomic mass is 9.80. The molecule has 0 unspecified atom stereocenters. The third kappa shape index (κ3) is 3.38. The Labute approximate surface area is 187 Å². The summed E-state index contributed by atoms with van der Waals surface area (Å²) in [6.45, 7) is 8.30. The number of aryl methyl sites for hydroxylation is 1. The van der Waals surface area contributed by atoms with Crippen LogP contribution >= 0.6 is 0 Å². The van der Waals surface area contributed by atoms with Crippen molar-refractivity contribution in [3.8, 4) is 0 Å². The molecule has 0 aromatic heterocycles. The highest BCUT2D eigenvalue weighted by Crippen LogP contribution is 2.49. The number of hydrogen-bond donors (Lipinski definition) is 0. The lowest BCUT2D eigenvalue weighted by Crippen LogP contribution is -2.50. The van der Waals surface area contributed by atoms with Crippen LogP contribution in [0.15, 0.2) is 35.3 Å². The van der Waals surface area contributed by atoms with Crippen molar-refractivity contribution < 1.29 is 23.9 Å². The summed E-state index contributed by atoms with van der Waals surface area (Å²) >= 11 is 0. The van der Waals surface area contributed by atoms with Crippen molar-refractivity contribution in [2.24, 2.45) is 4.99 Å². The van der Waals surface area contributed by atoms with Gasteiger partial charge in [0.25, 0.3) is 5.91 Å². The van der Waals surface area contributed by atoms with E-state index < -0.39 is 11.9 Å². The van der Waals surface area contributed by atoms with Gasteiger partial charge >= 0.3 is 11.9 Å². The van der Waals surface area contributed by atoms with Crippen LogP contribution < -0.4 is 4.90 Å². The van der Waals surface area contributed by atoms with Gasteiger partial charge in [0.1, 0.15) is 5.71 Å². The summed E-state index contributed by atoms with van der Waals surface area (Å²) < 4.78 is 9.61. The Bertz CT molecular complexity index is 1160. The molecule has 2 aliphatic heterocycles. The van der Waals surface area contributed by atoms with Gasteiger partial charge in [-0.1, -0.05) is 18.6 Å². The predicted octanol–water partition coefficient (Wildman–Crippen LogP) is 4.32. The van der Waals surface area contributed by atoms with Gasteiger partial charge in [-0.05, 0) is 62.9 Å². The number of amides is 1. The van der Waals surface area contributed by atoms with E-state index in [1.807, 2.05) is 17.9 Å². The highest BCUT2D eigenvalue weighted by Gasteiger charge is 2.48. The molecule has 0 saturated heterocycles. The molecule has 166 valence electrons. The zero-order chi connectivity index (χ0) is 23.4. The van der Waals surface area contributed by atoms with Crippen molar-refractivity contribution in [1.29, 1.82) is 0 Å². The SMILES string of the molecule is COC(=O)c1cc(N=C2C(=O)N3c4c2cc(C)cc4[C@H](C)CC3(C)C)cc(C(=O)OC)c1. The minimum absolute atomic E-state index is 0.153. The highest BCUT2D eigenvalue weighted by molar-refractivity contribution is 6.55. The van der Waals surface area contributed by atoms with Gasteiger partial charge in [0.05, 0.1) is 36.7 Å². The number of benzene rings is 2. The van der Waals surface area contributed by atoms with Crippen molar-refractivity contribution in [1.82, 2.24) is 0 Å². The lowest BCUT2D eigenvalue weighted by Gasteiger charge is -2.43. The van der Waals surface area contributed by atoms with E-state index in [1.165, 1.54) is 32.4 Å². The molecule has 2 aromatic rings. The summed E-state index contributed by atoms with van der Waals surface area (Å²) in [6, 6.07) is 8.50. The van der Waals surface area contributed by atoms with Crippen molar-refractivity contribution in [3.05, 3.63) is 58.1 Å². The molecule has 0 fully saturated rings. The fourth-order valence-electron chi connectivity index (χ4n) is 4.85. The molecule has 7 nitrogen and oxygen atoms in total. The maximum absolute atomic E-state index is 13.6. The number of rotatable bonds is 3. The van der Waals surface area contributed by atoms with Gasteiger partial charge in [0.15, 0.2) is 0 Å². The van der Waals surface area contributed by atoms with Crippen LogP contribution in [0, 0.1) is 6.92 Å². The standard InChI is InChI=1S/C25H26N2O5/c1-13-7-18-14(2)12-25(3,4)27-21(18)19(8-13)20(22(27)28)26-17-10-15(23(29)31-5)9-16(11-17)24(30)32-6/h7-11,14H,12H2,1-6H3/t14-/m1/s1. The molecule has 0 aliphatic carbocycles. The van der Waals surface area contributed by atoms with Crippen molar-refractivity contribution >= 4 is 34.9 Å². The van der Waals surface area contributed by atoms with Crippen LogP contribution in [0.3, 0.4) is 0 Å². The maximum atomic E-state index is 13.6. The topological polar surface area (TPSA) is 85.3 Å². The van der Waals surface area contributed by atoms with Crippen LogP contribution in [0.2, 0.25) is 0 Å². The Hall–Kier alpha value is -3.48. The quantitative estimate of drug-likeness (QED) is 0.672. The van der Waals surface area contributed by atoms with E-state index in [9.17, 15) is 14.4 Å². The molecule has 32 heavy (non-hydrogen) atoms. The first-order valence-electron chi connectivity index (χ1n) is 10.5. The van der Waals surface area contributed by atoms with Crippen LogP contribution in [0.25, 0.3) is 0 Å². The molecule has 0 saturated carbocycles. The second kappa shape index (κ2) is 7.58. The van der Waals surface area contributed by atoms with Crippen LogP contribution in [-0.2, 0) is 14.3 Å². The molecule has 2 aromatic carbocycles. The fourth-order valence-corrected chi connectivity index (χ4v) is 4.85. The Morgan fingerprint density at radius 2 is 1.62 bits per heavy atom. The van der Waals surface area contributed by atoms with Gasteiger partial charge in [-0.3, -0.25) is 4.79 Å². The smallest absolute Gasteiger partial charge is 0.337 e. The van der Waals surface area contributed by atoms with E-state index in [1.54, 1.807) is 0 Å². The average Bonchev–Trinajstić information content (AvgIpc) is 3.02. The first-order chi connectivity index (χ1) is 15.1. The van der Waals surface area contributed by atoms with Gasteiger partial charge in [0, 0.05) is 11.1 Å². The number of ether oxygens (including phenoxy) is 2. The van der Waals surface area contributed by atoms with Crippen LogP contribution in [0.4, 0.5) is 11.4 Å². The monoisotopic (exact) mass is 434 g/mol. The Kier molecular flexibility index (Phi) is 5.15. The van der Waals surface area contributed by atoms with Crippen molar-refractivity contribution in [3.63, 3.8) is 0 Å². The maximum Gasteiger partial charge on any atom is 0.337 e. The number of nitrogens with zero attached hydrogens (tertiary/aromatic N) is 2. The summed E-state index contributed by atoms with van der Waals surface area (Å²) in [5.41, 5.74) is 4.40. The number of aliphatic imine (C=N–C) groups is 1. The molecule has 4 rings (SSSR count). The predicted molar refractivity (Wildman–Crippen MR) is 121 cm³/mol. The van der Waals surface area contributed by atoms with E-state index in [4.69, 9.17) is 9.47 Å². The number of carbonyl (C=O) groups excluding carboxylic acids is 3. The largest absolute Gasteiger partial charge is 0.465 e. The molecule has 2 aliphatic rings. The Morgan fingerprint density at radius 3 is 2.19 bits per heavy atom. The van der Waals surface area contributed by atoms with Gasteiger partial charge in [-0.25, -0.2) is 14.6 Å². The Morgan fingerprint density at radius 1 is 1.03 bits per heavy atom. The number of anilines is 1. The summed E-state index contributed by atoms with van der Waals surface area (Å²) in [7, 11) is 2.52. The number of hydrogen-bond acceptors (Lipinski definition) is 6. The molecular formula is C25H26N2O5. The molecule has 7 heteroatoms. The van der Waals surface area contributed by atoms with E-state index in [-0.39, 0.29) is 22.6 Å². The second-order valence-corrected chi connectivity index (χ2v) is 9.02. The van der Waals surface area contributed by atoms with E-state index in [2.05, 4.69) is 31.8 Å². The third-order valence-corrected chi connectivity index (χ3v) is 6.11. The van der Waals surface area contributed by atoms with Crippen LogP contribution in [0.1, 0.15) is 70.5 Å². The average molecular weight is 434 g/mol. The number of methoxy groups -OCH3 is 2. The molecule has 0 spiro atoms. The fraction of sp³-hybridized carbons (Fsp3) is 0.360. The van der Waals surface area contributed by atoms with Crippen molar-refractivity contribution in [2.45, 2.75) is 45.6 Å². The van der Waals surface area contributed by atoms with Gasteiger partial charge < -0.3 is 14.4 Å². The number of carbonyl (C=O) groups is 3. The first-order valence-corrected chi connectivity index (χ1v) is 10.5. The minimum atomic E-state index is -0.608. The summed E-state index contributed by atoms with van der Waals surface area (Å²) in [4.78, 5) is 44.4. The minimum Gasteiger partial charge on any atom is -0.465 e. The van der Waals surface area contributed by atoms with Crippen LogP contribution in [-0.4, -0.2) is 43.3 Å². The highest BCUT2D eigenvalue weighted by atomic mass is 16.5. The van der Waals surface area contributed by atoms with Gasteiger partial charge in [0.2, 0.25) is 0 Å². The van der Waals surface area contributed by atoms with E-state index in [0.29, 0.717) is 17.3 Å². The van der Waals surface area contributed by atoms with Crippen molar-refractivity contribution in [2.75, 3.05) is 19.1 Å². The number of esters is 2. The second-order valence-electron chi connectivity index (χ2n) is 9.02. The zero-order valence-electron chi connectivity index (χ0n) is 19.1. The molecule has 1 atom stereocenters. The molecule has 0 bridgehead atoms. The molecule has 1 amide bonds.